The number of aliphatic hydroxyl groups is 1. The average molecular weight is 295 g/mol. The number of rotatable bonds is 5. The molecule has 0 aliphatic rings. The molecule has 2 aromatic heterocycles. The molecule has 1 N–H and O–H groups in total. The van der Waals surface area contributed by atoms with E-state index in [2.05, 4.69) is 4.98 Å². The van der Waals surface area contributed by atoms with Gasteiger partial charge in [-0.05, 0) is 14.0 Å². The van der Waals surface area contributed by atoms with E-state index in [0.29, 0.717) is 30.8 Å². The van der Waals surface area contributed by atoms with Crippen LogP contribution in [0.3, 0.4) is 0 Å². The zero-order chi connectivity index (χ0) is 15.7. The van der Waals surface area contributed by atoms with Crippen molar-refractivity contribution in [2.24, 2.45) is 14.1 Å². The van der Waals surface area contributed by atoms with E-state index in [4.69, 9.17) is 0 Å². The summed E-state index contributed by atoms with van der Waals surface area (Å²) in [5.74, 6) is 0. The number of likely N-dealkylation sites (N-methyl/N-ethyl adjacent to an activating group) is 1. The molecular formula is C13H21N5O3. The molecule has 0 aliphatic carbocycles. The van der Waals surface area contributed by atoms with Crippen molar-refractivity contribution in [3.8, 4) is 0 Å². The normalized spacial score (nSPS) is 13.2. The van der Waals surface area contributed by atoms with Crippen LogP contribution in [0.2, 0.25) is 0 Å². The van der Waals surface area contributed by atoms with Gasteiger partial charge in [0.2, 0.25) is 0 Å². The summed E-state index contributed by atoms with van der Waals surface area (Å²) in [5.41, 5.74) is 0.0825. The molecule has 2 aromatic rings. The Morgan fingerprint density at radius 2 is 2.00 bits per heavy atom. The molecule has 0 bridgehead atoms. The van der Waals surface area contributed by atoms with E-state index >= 15 is 0 Å². The highest BCUT2D eigenvalue weighted by Gasteiger charge is 2.14. The first-order valence-electron chi connectivity index (χ1n) is 6.80. The van der Waals surface area contributed by atoms with Crippen molar-refractivity contribution in [1.82, 2.24) is 23.6 Å². The number of aryl methyl sites for hydroxylation is 1. The average Bonchev–Trinajstić information content (AvgIpc) is 2.83. The van der Waals surface area contributed by atoms with Crippen LogP contribution in [-0.2, 0) is 20.6 Å². The Morgan fingerprint density at radius 3 is 2.62 bits per heavy atom. The lowest BCUT2D eigenvalue weighted by molar-refractivity contribution is 0.139. The highest BCUT2D eigenvalue weighted by molar-refractivity contribution is 5.69. The fraction of sp³-hybridized carbons (Fsp3) is 0.615. The van der Waals surface area contributed by atoms with E-state index in [9.17, 15) is 14.7 Å². The third-order valence-electron chi connectivity index (χ3n) is 3.52. The third kappa shape index (κ3) is 2.91. The van der Waals surface area contributed by atoms with Crippen molar-refractivity contribution in [1.29, 1.82) is 0 Å². The Labute approximate surface area is 121 Å². The minimum Gasteiger partial charge on any atom is -0.392 e. The second-order valence-electron chi connectivity index (χ2n) is 5.43. The molecule has 0 fully saturated rings. The lowest BCUT2D eigenvalue weighted by atomic mass is 10.3. The summed E-state index contributed by atoms with van der Waals surface area (Å²) in [5, 5.41) is 9.35. The Balaban J connectivity index is 2.35. The zero-order valence-corrected chi connectivity index (χ0v) is 12.8. The molecule has 0 saturated carbocycles. The first-order valence-corrected chi connectivity index (χ1v) is 6.80. The Kier molecular flexibility index (Phi) is 4.29. The molecule has 8 nitrogen and oxygen atoms in total. The van der Waals surface area contributed by atoms with Crippen molar-refractivity contribution in [2.75, 3.05) is 20.1 Å². The van der Waals surface area contributed by atoms with Crippen LogP contribution in [0.25, 0.3) is 11.2 Å². The molecule has 2 heterocycles. The van der Waals surface area contributed by atoms with Crippen LogP contribution in [0.4, 0.5) is 0 Å². The summed E-state index contributed by atoms with van der Waals surface area (Å²) in [6, 6.07) is 0. The number of imidazole rings is 1. The second-order valence-corrected chi connectivity index (χ2v) is 5.43. The predicted molar refractivity (Wildman–Crippen MR) is 79.4 cm³/mol. The molecule has 2 rings (SSSR count). The number of nitrogens with zero attached hydrogens (tertiary/aromatic N) is 5. The standard InChI is InChI=1S/C13H21N5O3/c1-9(19)7-15(2)5-6-18-8-14-11-10(18)12(20)17(4)13(21)16(11)3/h8-9,19H,5-7H2,1-4H3. The summed E-state index contributed by atoms with van der Waals surface area (Å²) in [6.45, 7) is 3.52. The number of hydrogen-bond donors (Lipinski definition) is 1. The molecule has 0 spiro atoms. The summed E-state index contributed by atoms with van der Waals surface area (Å²) in [6.07, 6.45) is 1.17. The maximum Gasteiger partial charge on any atom is 0.332 e. The number of hydrogen-bond acceptors (Lipinski definition) is 5. The van der Waals surface area contributed by atoms with E-state index < -0.39 is 6.10 Å². The first kappa shape index (κ1) is 15.5. The van der Waals surface area contributed by atoms with Crippen LogP contribution < -0.4 is 11.2 Å². The van der Waals surface area contributed by atoms with Gasteiger partial charge < -0.3 is 14.6 Å². The summed E-state index contributed by atoms with van der Waals surface area (Å²) >= 11 is 0. The molecule has 0 aromatic carbocycles. The maximum atomic E-state index is 12.2. The number of fused-ring (bicyclic) bond motifs is 1. The van der Waals surface area contributed by atoms with Gasteiger partial charge in [0.05, 0.1) is 12.4 Å². The zero-order valence-electron chi connectivity index (χ0n) is 12.8. The van der Waals surface area contributed by atoms with Gasteiger partial charge in [-0.25, -0.2) is 9.78 Å². The smallest absolute Gasteiger partial charge is 0.332 e. The van der Waals surface area contributed by atoms with Crippen LogP contribution in [0.1, 0.15) is 6.92 Å². The van der Waals surface area contributed by atoms with Gasteiger partial charge in [0.15, 0.2) is 11.2 Å². The third-order valence-corrected chi connectivity index (χ3v) is 3.52. The van der Waals surface area contributed by atoms with Gasteiger partial charge in [-0.3, -0.25) is 13.9 Å². The summed E-state index contributed by atoms with van der Waals surface area (Å²) in [7, 11) is 4.96. The topological polar surface area (TPSA) is 85.3 Å². The highest BCUT2D eigenvalue weighted by Crippen LogP contribution is 2.05. The maximum absolute atomic E-state index is 12.2. The molecule has 1 atom stereocenters. The molecule has 0 amide bonds. The predicted octanol–water partition coefficient (Wildman–Crippen LogP) is -1.25. The molecule has 116 valence electrons. The molecule has 8 heteroatoms. The van der Waals surface area contributed by atoms with Gasteiger partial charge in [0.1, 0.15) is 0 Å². The van der Waals surface area contributed by atoms with Crippen molar-refractivity contribution in [3.05, 3.63) is 27.2 Å². The SMILES string of the molecule is CC(O)CN(C)CCn1cnc2c1c(=O)n(C)c(=O)n2C. The highest BCUT2D eigenvalue weighted by atomic mass is 16.3. The van der Waals surface area contributed by atoms with Crippen LogP contribution >= 0.6 is 0 Å². The monoisotopic (exact) mass is 295 g/mol. The lowest BCUT2D eigenvalue weighted by Crippen LogP contribution is -2.38. The number of aromatic nitrogens is 4. The molecule has 0 aliphatic heterocycles. The minimum absolute atomic E-state index is 0.344. The van der Waals surface area contributed by atoms with Gasteiger partial charge in [0, 0.05) is 33.7 Å². The molecule has 1 unspecified atom stereocenters. The fourth-order valence-electron chi connectivity index (χ4n) is 2.39. The molecule has 0 saturated heterocycles. The van der Waals surface area contributed by atoms with Crippen molar-refractivity contribution < 1.29 is 5.11 Å². The summed E-state index contributed by atoms with van der Waals surface area (Å²) in [4.78, 5) is 30.2. The first-order chi connectivity index (χ1) is 9.82. The fourth-order valence-corrected chi connectivity index (χ4v) is 2.39. The van der Waals surface area contributed by atoms with Gasteiger partial charge in [-0.1, -0.05) is 0 Å². The van der Waals surface area contributed by atoms with E-state index in [1.54, 1.807) is 24.9 Å². The van der Waals surface area contributed by atoms with Gasteiger partial charge in [-0.2, -0.15) is 0 Å². The van der Waals surface area contributed by atoms with Gasteiger partial charge in [-0.15, -0.1) is 0 Å². The van der Waals surface area contributed by atoms with Crippen LogP contribution in [0, 0.1) is 0 Å². The quantitative estimate of drug-likeness (QED) is 0.745. The van der Waals surface area contributed by atoms with E-state index in [1.165, 1.54) is 11.6 Å². The second kappa shape index (κ2) is 5.82. The van der Waals surface area contributed by atoms with E-state index in [1.807, 2.05) is 11.9 Å². The van der Waals surface area contributed by atoms with Gasteiger partial charge in [0.25, 0.3) is 5.56 Å². The van der Waals surface area contributed by atoms with E-state index in [0.717, 1.165) is 4.57 Å². The Morgan fingerprint density at radius 1 is 1.33 bits per heavy atom. The van der Waals surface area contributed by atoms with Crippen molar-refractivity contribution >= 4 is 11.2 Å². The molecular weight excluding hydrogens is 274 g/mol. The molecule has 0 radical (unpaired) electrons. The largest absolute Gasteiger partial charge is 0.392 e. The number of aliphatic hydroxyl groups excluding tert-OH is 1. The van der Waals surface area contributed by atoms with Crippen LogP contribution in [0.5, 0.6) is 0 Å². The van der Waals surface area contributed by atoms with Crippen LogP contribution in [-0.4, -0.2) is 54.9 Å². The Hall–Kier alpha value is -1.93. The lowest BCUT2D eigenvalue weighted by Gasteiger charge is -2.18. The van der Waals surface area contributed by atoms with Crippen molar-refractivity contribution in [3.63, 3.8) is 0 Å². The molecule has 21 heavy (non-hydrogen) atoms. The van der Waals surface area contributed by atoms with E-state index in [-0.39, 0.29) is 11.2 Å². The van der Waals surface area contributed by atoms with Crippen molar-refractivity contribution in [2.45, 2.75) is 19.6 Å². The Bertz CT molecular complexity index is 755. The van der Waals surface area contributed by atoms with Crippen LogP contribution in [0.15, 0.2) is 15.9 Å². The van der Waals surface area contributed by atoms with Gasteiger partial charge >= 0.3 is 5.69 Å². The summed E-state index contributed by atoms with van der Waals surface area (Å²) < 4.78 is 4.20. The minimum atomic E-state index is -0.400.